The Hall–Kier alpha value is -4.10. The Morgan fingerprint density at radius 1 is 0.439 bits per heavy atom. The Bertz CT molecular complexity index is 1740. The summed E-state index contributed by atoms with van der Waals surface area (Å²) in [6.45, 7) is 0. The zero-order valence-corrected chi connectivity index (χ0v) is 23.4. The predicted octanol–water partition coefficient (Wildman–Crippen LogP) is 10.5. The first-order valence-corrected chi connectivity index (χ1v) is 15.5. The maximum absolute atomic E-state index is 3.78. The van der Waals surface area contributed by atoms with Gasteiger partial charge >= 0.3 is 0 Å². The van der Waals surface area contributed by atoms with E-state index in [0.717, 1.165) is 29.4 Å². The average molecular weight is 530 g/mol. The van der Waals surface area contributed by atoms with Crippen molar-refractivity contribution in [1.82, 2.24) is 0 Å². The Morgan fingerprint density at radius 3 is 1.76 bits per heavy atom. The third-order valence-corrected chi connectivity index (χ3v) is 11.0. The lowest BCUT2D eigenvalue weighted by Crippen LogP contribution is -2.55. The molecule has 1 nitrogen and oxygen atoms in total. The fourth-order valence-corrected chi connectivity index (χ4v) is 9.65. The van der Waals surface area contributed by atoms with Crippen LogP contribution in [0, 0.1) is 23.7 Å². The summed E-state index contributed by atoms with van der Waals surface area (Å²) in [7, 11) is 0. The molecule has 0 unspecified atom stereocenters. The number of rotatable bonds is 4. The van der Waals surface area contributed by atoms with E-state index >= 15 is 0 Å². The van der Waals surface area contributed by atoms with Crippen molar-refractivity contribution < 1.29 is 0 Å². The van der Waals surface area contributed by atoms with Crippen LogP contribution < -0.4 is 5.32 Å². The molecule has 0 heterocycles. The third-order valence-electron chi connectivity index (χ3n) is 11.0. The summed E-state index contributed by atoms with van der Waals surface area (Å²) in [5.74, 6) is 3.52. The lowest BCUT2D eigenvalue weighted by Gasteiger charge is -2.61. The minimum Gasteiger partial charge on any atom is -0.356 e. The van der Waals surface area contributed by atoms with Crippen molar-refractivity contribution in [2.24, 2.45) is 23.7 Å². The molecule has 0 aromatic heterocycles. The van der Waals surface area contributed by atoms with Gasteiger partial charge in [0.2, 0.25) is 0 Å². The summed E-state index contributed by atoms with van der Waals surface area (Å²) >= 11 is 0. The zero-order chi connectivity index (χ0) is 27.0. The van der Waals surface area contributed by atoms with Gasteiger partial charge in [0.25, 0.3) is 0 Å². The monoisotopic (exact) mass is 529 g/mol. The van der Waals surface area contributed by atoms with Crippen LogP contribution in [0.25, 0.3) is 33.4 Å². The highest BCUT2D eigenvalue weighted by Crippen LogP contribution is 2.69. The maximum atomic E-state index is 3.78. The van der Waals surface area contributed by atoms with E-state index < -0.39 is 0 Å². The quantitative estimate of drug-likeness (QED) is 0.244. The summed E-state index contributed by atoms with van der Waals surface area (Å²) in [5.41, 5.74) is 13.8. The minimum absolute atomic E-state index is 0.213. The van der Waals surface area contributed by atoms with Crippen LogP contribution in [0.3, 0.4) is 0 Å². The highest BCUT2D eigenvalue weighted by atomic mass is 14.9. The van der Waals surface area contributed by atoms with Crippen LogP contribution in [0.2, 0.25) is 0 Å². The molecule has 0 radical (unpaired) electrons. The molecule has 4 bridgehead atoms. The van der Waals surface area contributed by atoms with Gasteiger partial charge in [0.1, 0.15) is 0 Å². The Kier molecular flexibility index (Phi) is 5.15. The molecule has 4 saturated carbocycles. The lowest BCUT2D eigenvalue weighted by atomic mass is 9.43. The van der Waals surface area contributed by atoms with E-state index in [2.05, 4.69) is 127 Å². The maximum Gasteiger partial charge on any atom is 0.0387 e. The first kappa shape index (κ1) is 23.6. The van der Waals surface area contributed by atoms with Crippen molar-refractivity contribution in [2.75, 3.05) is 5.32 Å². The Balaban J connectivity index is 1.04. The standard InChI is InChI=1S/C40H35N/c1-2-7-28(8-3-1)30-9-6-10-31(24-30)29-13-15-34(16-14-29)41-35-17-18-37-36-11-4-5-12-38(36)40(39(37)25-35)32-20-26-19-27(22-32)23-33(40)21-26/h1-18,24-27,32-33,41H,19-23H2. The number of hydrogen-bond acceptors (Lipinski definition) is 1. The second kappa shape index (κ2) is 8.95. The molecule has 1 heteroatoms. The molecule has 5 aliphatic rings. The van der Waals surface area contributed by atoms with Crippen LogP contribution in [-0.2, 0) is 5.41 Å². The van der Waals surface area contributed by atoms with Gasteiger partial charge in [-0.25, -0.2) is 0 Å². The largest absolute Gasteiger partial charge is 0.356 e. The van der Waals surface area contributed by atoms with Crippen molar-refractivity contribution in [3.63, 3.8) is 0 Å². The van der Waals surface area contributed by atoms with E-state index in [1.165, 1.54) is 71.2 Å². The Morgan fingerprint density at radius 2 is 1.02 bits per heavy atom. The highest BCUT2D eigenvalue weighted by molar-refractivity contribution is 5.84. The van der Waals surface area contributed by atoms with Crippen molar-refractivity contribution >= 4 is 11.4 Å². The smallest absolute Gasteiger partial charge is 0.0387 e. The number of benzene rings is 5. The second-order valence-electron chi connectivity index (χ2n) is 13.1. The number of fused-ring (bicyclic) bond motifs is 3. The summed E-state index contributed by atoms with van der Waals surface area (Å²) < 4.78 is 0. The minimum atomic E-state index is 0.213. The molecule has 10 rings (SSSR count). The zero-order valence-electron chi connectivity index (χ0n) is 23.4. The molecule has 0 atom stereocenters. The highest BCUT2D eigenvalue weighted by Gasteiger charge is 2.61. The summed E-state index contributed by atoms with van der Waals surface area (Å²) in [5, 5.41) is 3.78. The van der Waals surface area contributed by atoms with Gasteiger partial charge in [-0.15, -0.1) is 0 Å². The second-order valence-corrected chi connectivity index (χ2v) is 13.1. The fourth-order valence-electron chi connectivity index (χ4n) is 9.65. The SMILES string of the molecule is c1ccc(-c2cccc(-c3ccc(Nc4ccc5c(c4)C4(c6ccccc6-5)C5CC6CC(C5)CC4C6)cc3)c2)cc1. The first-order chi connectivity index (χ1) is 20.3. The number of anilines is 2. The van der Waals surface area contributed by atoms with Crippen molar-refractivity contribution in [3.8, 4) is 33.4 Å². The van der Waals surface area contributed by atoms with Crippen LogP contribution in [0.4, 0.5) is 11.4 Å². The molecule has 0 aliphatic heterocycles. The van der Waals surface area contributed by atoms with E-state index in [4.69, 9.17) is 0 Å². The normalized spacial score (nSPS) is 26.6. The number of hydrogen-bond donors (Lipinski definition) is 1. The van der Waals surface area contributed by atoms with Gasteiger partial charge in [-0.1, -0.05) is 91.0 Å². The molecule has 1 spiro atoms. The predicted molar refractivity (Wildman–Crippen MR) is 170 cm³/mol. The van der Waals surface area contributed by atoms with Crippen LogP contribution >= 0.6 is 0 Å². The van der Waals surface area contributed by atoms with Gasteiger partial charge in [-0.3, -0.25) is 0 Å². The molecule has 200 valence electrons. The fraction of sp³-hybridized carbons (Fsp3) is 0.250. The van der Waals surface area contributed by atoms with E-state index in [1.54, 1.807) is 11.1 Å². The van der Waals surface area contributed by atoms with Crippen LogP contribution in [0.5, 0.6) is 0 Å². The van der Waals surface area contributed by atoms with E-state index in [1.807, 2.05) is 0 Å². The van der Waals surface area contributed by atoms with Crippen molar-refractivity contribution in [1.29, 1.82) is 0 Å². The van der Waals surface area contributed by atoms with Gasteiger partial charge in [-0.05, 0) is 131 Å². The van der Waals surface area contributed by atoms with Crippen LogP contribution in [-0.4, -0.2) is 0 Å². The van der Waals surface area contributed by atoms with Crippen LogP contribution in [0.1, 0.15) is 43.2 Å². The average Bonchev–Trinajstić information content (AvgIpc) is 3.31. The molecule has 4 fully saturated rings. The van der Waals surface area contributed by atoms with Gasteiger partial charge < -0.3 is 5.32 Å². The van der Waals surface area contributed by atoms with Gasteiger partial charge in [0, 0.05) is 16.8 Å². The van der Waals surface area contributed by atoms with Crippen molar-refractivity contribution in [3.05, 3.63) is 132 Å². The van der Waals surface area contributed by atoms with E-state index in [9.17, 15) is 0 Å². The van der Waals surface area contributed by atoms with Gasteiger partial charge in [-0.2, -0.15) is 0 Å². The van der Waals surface area contributed by atoms with Gasteiger partial charge in [0.15, 0.2) is 0 Å². The summed E-state index contributed by atoms with van der Waals surface area (Å²) in [4.78, 5) is 0. The molecular weight excluding hydrogens is 494 g/mol. The molecule has 41 heavy (non-hydrogen) atoms. The number of nitrogens with one attached hydrogen (secondary N) is 1. The van der Waals surface area contributed by atoms with E-state index in [-0.39, 0.29) is 5.41 Å². The molecule has 5 aliphatic carbocycles. The molecule has 1 N–H and O–H groups in total. The molecule has 5 aromatic carbocycles. The van der Waals surface area contributed by atoms with Crippen molar-refractivity contribution in [2.45, 2.75) is 37.5 Å². The molecule has 0 amide bonds. The topological polar surface area (TPSA) is 12.0 Å². The first-order valence-electron chi connectivity index (χ1n) is 15.5. The molecular formula is C40H35N. The van der Waals surface area contributed by atoms with Crippen LogP contribution in [0.15, 0.2) is 121 Å². The summed E-state index contributed by atoms with van der Waals surface area (Å²) in [6.07, 6.45) is 7.18. The summed E-state index contributed by atoms with van der Waals surface area (Å²) in [6, 6.07) is 45.0. The molecule has 5 aromatic rings. The molecule has 0 saturated heterocycles. The van der Waals surface area contributed by atoms with Gasteiger partial charge in [0.05, 0.1) is 0 Å². The van der Waals surface area contributed by atoms with E-state index in [0.29, 0.717) is 0 Å². The lowest BCUT2D eigenvalue weighted by molar-refractivity contribution is -0.0399. The Labute approximate surface area is 243 Å². The third kappa shape index (κ3) is 3.54.